The van der Waals surface area contributed by atoms with Crippen LogP contribution in [0.25, 0.3) is 0 Å². The Morgan fingerprint density at radius 2 is 1.81 bits per heavy atom. The summed E-state index contributed by atoms with van der Waals surface area (Å²) < 4.78 is 5.35. The number of carbonyl (C=O) groups is 3. The number of fused-ring (bicyclic) bond motifs is 1. The molecule has 1 aliphatic rings. The molecule has 0 bridgehead atoms. The van der Waals surface area contributed by atoms with E-state index in [9.17, 15) is 14.4 Å². The van der Waals surface area contributed by atoms with Crippen LogP contribution in [0.2, 0.25) is 5.02 Å². The first-order chi connectivity index (χ1) is 12.5. The lowest BCUT2D eigenvalue weighted by Crippen LogP contribution is -2.44. The SMILES string of the molecule is O=C(CCN1C(=O)COc2ccccc21)NNC(=O)c1ccc(Cl)cc1. The van der Waals surface area contributed by atoms with Crippen LogP contribution in [-0.2, 0) is 9.59 Å². The predicted octanol–water partition coefficient (Wildman–Crippen LogP) is 1.92. The molecule has 2 aromatic carbocycles. The Morgan fingerprint density at radius 3 is 2.58 bits per heavy atom. The van der Waals surface area contributed by atoms with Gasteiger partial charge in [-0.3, -0.25) is 25.2 Å². The summed E-state index contributed by atoms with van der Waals surface area (Å²) in [4.78, 5) is 37.4. The third-order valence-electron chi connectivity index (χ3n) is 3.79. The van der Waals surface area contributed by atoms with Crippen LogP contribution in [0.15, 0.2) is 48.5 Å². The molecule has 0 aromatic heterocycles. The van der Waals surface area contributed by atoms with Crippen LogP contribution in [0.4, 0.5) is 5.69 Å². The van der Waals surface area contributed by atoms with Crippen molar-refractivity contribution in [2.45, 2.75) is 6.42 Å². The number of rotatable bonds is 4. The Balaban J connectivity index is 1.52. The van der Waals surface area contributed by atoms with Gasteiger partial charge in [0, 0.05) is 23.6 Å². The highest BCUT2D eigenvalue weighted by Crippen LogP contribution is 2.31. The molecule has 0 radical (unpaired) electrons. The van der Waals surface area contributed by atoms with Gasteiger partial charge in [-0.2, -0.15) is 0 Å². The van der Waals surface area contributed by atoms with E-state index in [1.54, 1.807) is 42.5 Å². The molecule has 1 heterocycles. The van der Waals surface area contributed by atoms with Crippen molar-refractivity contribution in [3.63, 3.8) is 0 Å². The van der Waals surface area contributed by atoms with Crippen molar-refractivity contribution >= 4 is 35.0 Å². The molecule has 0 fully saturated rings. The van der Waals surface area contributed by atoms with Gasteiger partial charge in [-0.1, -0.05) is 23.7 Å². The van der Waals surface area contributed by atoms with E-state index in [-0.39, 0.29) is 25.5 Å². The fourth-order valence-corrected chi connectivity index (χ4v) is 2.60. The van der Waals surface area contributed by atoms with Crippen LogP contribution in [0.5, 0.6) is 5.75 Å². The van der Waals surface area contributed by atoms with Crippen LogP contribution in [0, 0.1) is 0 Å². The summed E-state index contributed by atoms with van der Waals surface area (Å²) in [5, 5.41) is 0.515. The molecule has 1 aliphatic heterocycles. The molecule has 26 heavy (non-hydrogen) atoms. The molecule has 8 heteroatoms. The molecule has 3 amide bonds. The zero-order valence-corrected chi connectivity index (χ0v) is 14.5. The van der Waals surface area contributed by atoms with Gasteiger partial charge < -0.3 is 9.64 Å². The van der Waals surface area contributed by atoms with Crippen LogP contribution in [0.3, 0.4) is 0 Å². The number of benzene rings is 2. The predicted molar refractivity (Wildman–Crippen MR) is 96.0 cm³/mol. The maximum Gasteiger partial charge on any atom is 0.269 e. The van der Waals surface area contributed by atoms with Gasteiger partial charge in [0.05, 0.1) is 5.69 Å². The number of hydrogen-bond donors (Lipinski definition) is 2. The van der Waals surface area contributed by atoms with Crippen molar-refractivity contribution in [1.82, 2.24) is 10.9 Å². The smallest absolute Gasteiger partial charge is 0.269 e. The molecular weight excluding hydrogens is 358 g/mol. The Morgan fingerprint density at radius 1 is 1.08 bits per heavy atom. The second-order valence-corrected chi connectivity index (χ2v) is 6.00. The van der Waals surface area contributed by atoms with E-state index < -0.39 is 11.8 Å². The molecule has 3 rings (SSSR count). The van der Waals surface area contributed by atoms with Crippen LogP contribution < -0.4 is 20.5 Å². The molecule has 2 N–H and O–H groups in total. The summed E-state index contributed by atoms with van der Waals surface area (Å²) in [6, 6.07) is 13.4. The molecular formula is C18H16ClN3O4. The molecule has 7 nitrogen and oxygen atoms in total. The molecule has 2 aromatic rings. The number of ether oxygens (including phenoxy) is 1. The summed E-state index contributed by atoms with van der Waals surface area (Å²) in [7, 11) is 0. The summed E-state index contributed by atoms with van der Waals surface area (Å²) in [5.41, 5.74) is 5.65. The monoisotopic (exact) mass is 373 g/mol. The Kier molecular flexibility index (Phi) is 5.38. The minimum atomic E-state index is -0.456. The van der Waals surface area contributed by atoms with Crippen molar-refractivity contribution in [3.05, 3.63) is 59.1 Å². The number of hydrogen-bond acceptors (Lipinski definition) is 4. The second-order valence-electron chi connectivity index (χ2n) is 5.56. The van der Waals surface area contributed by atoms with Gasteiger partial charge in [0.15, 0.2) is 6.61 Å². The quantitative estimate of drug-likeness (QED) is 0.801. The molecule has 0 spiro atoms. The van der Waals surface area contributed by atoms with Crippen LogP contribution >= 0.6 is 11.6 Å². The molecule has 134 valence electrons. The summed E-state index contributed by atoms with van der Waals surface area (Å²) >= 11 is 5.76. The van der Waals surface area contributed by atoms with E-state index in [1.807, 2.05) is 6.07 Å². The first-order valence-corrected chi connectivity index (χ1v) is 8.29. The van der Waals surface area contributed by atoms with Crippen LogP contribution in [0.1, 0.15) is 16.8 Å². The minimum absolute atomic E-state index is 0.0287. The van der Waals surface area contributed by atoms with Crippen molar-refractivity contribution in [2.75, 3.05) is 18.1 Å². The van der Waals surface area contributed by atoms with Gasteiger partial charge in [-0.05, 0) is 36.4 Å². The lowest BCUT2D eigenvalue weighted by atomic mass is 10.2. The molecule has 0 saturated heterocycles. The largest absolute Gasteiger partial charge is 0.482 e. The zero-order valence-electron chi connectivity index (χ0n) is 13.7. The maximum absolute atomic E-state index is 12.0. The van der Waals surface area contributed by atoms with E-state index in [4.69, 9.17) is 16.3 Å². The van der Waals surface area contributed by atoms with Crippen LogP contribution in [-0.4, -0.2) is 30.9 Å². The van der Waals surface area contributed by atoms with Gasteiger partial charge in [0.2, 0.25) is 5.91 Å². The molecule has 0 saturated carbocycles. The standard InChI is InChI=1S/C18H16ClN3O4/c19-13-7-5-12(6-8-13)18(25)21-20-16(23)9-10-22-14-3-1-2-4-15(14)26-11-17(22)24/h1-8H,9-11H2,(H,20,23)(H,21,25). The van der Waals surface area contributed by atoms with Crippen molar-refractivity contribution in [3.8, 4) is 5.75 Å². The Hall–Kier alpha value is -3.06. The lowest BCUT2D eigenvalue weighted by Gasteiger charge is -2.29. The normalized spacial score (nSPS) is 12.8. The average Bonchev–Trinajstić information content (AvgIpc) is 2.66. The van der Waals surface area contributed by atoms with Crippen molar-refractivity contribution in [1.29, 1.82) is 0 Å². The third kappa shape index (κ3) is 4.12. The molecule has 0 atom stereocenters. The van der Waals surface area contributed by atoms with Gasteiger partial charge >= 0.3 is 0 Å². The number of hydrazine groups is 1. The number of carbonyl (C=O) groups excluding carboxylic acids is 3. The van der Waals surface area contributed by atoms with Gasteiger partial charge in [-0.25, -0.2) is 0 Å². The third-order valence-corrected chi connectivity index (χ3v) is 4.04. The number of anilines is 1. The highest BCUT2D eigenvalue weighted by Gasteiger charge is 2.25. The first-order valence-electron chi connectivity index (χ1n) is 7.91. The number of nitrogens with zero attached hydrogens (tertiary/aromatic N) is 1. The fourth-order valence-electron chi connectivity index (χ4n) is 2.47. The first kappa shape index (κ1) is 17.8. The summed E-state index contributed by atoms with van der Waals surface area (Å²) in [6.45, 7) is 0.119. The topological polar surface area (TPSA) is 87.7 Å². The highest BCUT2D eigenvalue weighted by atomic mass is 35.5. The summed E-state index contributed by atoms with van der Waals surface area (Å²) in [6.07, 6.45) is 0.0287. The Bertz CT molecular complexity index is 839. The molecule has 0 aliphatic carbocycles. The molecule has 0 unspecified atom stereocenters. The highest BCUT2D eigenvalue weighted by molar-refractivity contribution is 6.30. The zero-order chi connectivity index (χ0) is 18.5. The second kappa shape index (κ2) is 7.88. The maximum atomic E-state index is 12.0. The van der Waals surface area contributed by atoms with E-state index in [0.29, 0.717) is 22.0 Å². The van der Waals surface area contributed by atoms with Gasteiger partial charge in [0.25, 0.3) is 11.8 Å². The number of halogens is 1. The lowest BCUT2D eigenvalue weighted by molar-refractivity contribution is -0.122. The fraction of sp³-hybridized carbons (Fsp3) is 0.167. The number of amides is 3. The van der Waals surface area contributed by atoms with Gasteiger partial charge in [0.1, 0.15) is 5.75 Å². The van der Waals surface area contributed by atoms with Crippen molar-refractivity contribution < 1.29 is 19.1 Å². The van der Waals surface area contributed by atoms with E-state index in [0.717, 1.165) is 0 Å². The minimum Gasteiger partial charge on any atom is -0.482 e. The summed E-state index contributed by atoms with van der Waals surface area (Å²) in [5.74, 6) is -0.489. The van der Waals surface area contributed by atoms with Gasteiger partial charge in [-0.15, -0.1) is 0 Å². The van der Waals surface area contributed by atoms with E-state index >= 15 is 0 Å². The average molecular weight is 374 g/mol. The number of nitrogens with one attached hydrogen (secondary N) is 2. The van der Waals surface area contributed by atoms with Crippen molar-refractivity contribution in [2.24, 2.45) is 0 Å². The van der Waals surface area contributed by atoms with E-state index in [2.05, 4.69) is 10.9 Å². The Labute approximate surface area is 154 Å². The van der Waals surface area contributed by atoms with E-state index in [1.165, 1.54) is 4.90 Å². The number of para-hydroxylation sites is 2.